The first-order chi connectivity index (χ1) is 12.7. The van der Waals surface area contributed by atoms with Gasteiger partial charge in [-0.3, -0.25) is 4.79 Å². The monoisotopic (exact) mass is 358 g/mol. The minimum Gasteiger partial charge on any atom is -0.467 e. The summed E-state index contributed by atoms with van der Waals surface area (Å²) in [5, 5.41) is 3.98. The highest BCUT2D eigenvalue weighted by Crippen LogP contribution is 2.33. The highest BCUT2D eigenvalue weighted by molar-refractivity contribution is 5.95. The molecule has 0 spiro atoms. The molecule has 0 N–H and O–H groups in total. The van der Waals surface area contributed by atoms with E-state index in [4.69, 9.17) is 18.7 Å². The fourth-order valence-corrected chi connectivity index (χ4v) is 3.29. The summed E-state index contributed by atoms with van der Waals surface area (Å²) in [4.78, 5) is 25.9. The van der Waals surface area contributed by atoms with Gasteiger partial charge in [-0.15, -0.1) is 0 Å². The molecule has 0 unspecified atom stereocenters. The second-order valence-corrected chi connectivity index (χ2v) is 6.23. The first kappa shape index (κ1) is 16.4. The highest BCUT2D eigenvalue weighted by Gasteiger charge is 2.36. The standard InChI is InChI=1S/C18H18N2O6/c1-23-18(22)13-3-2-6-20(13)17(21)16-9-12(19-26-16)7-11-4-5-14-15(8-11)25-10-24-14/h4-5,8-9,13H,2-3,6-7,10H2,1H3/t13-/m0/s1. The van der Waals surface area contributed by atoms with Gasteiger partial charge in [0.15, 0.2) is 11.5 Å². The van der Waals surface area contributed by atoms with E-state index in [0.29, 0.717) is 36.6 Å². The Bertz CT molecular complexity index is 846. The van der Waals surface area contributed by atoms with Gasteiger partial charge < -0.3 is 23.6 Å². The van der Waals surface area contributed by atoms with Crippen LogP contribution in [-0.4, -0.2) is 48.4 Å². The maximum atomic E-state index is 12.6. The van der Waals surface area contributed by atoms with E-state index in [0.717, 1.165) is 12.0 Å². The Hall–Kier alpha value is -3.03. The Labute approximate surface area is 149 Å². The van der Waals surface area contributed by atoms with Crippen LogP contribution in [0.2, 0.25) is 0 Å². The molecule has 1 aromatic carbocycles. The molecule has 1 aromatic heterocycles. The second kappa shape index (κ2) is 6.70. The Balaban J connectivity index is 1.47. The van der Waals surface area contributed by atoms with Crippen LogP contribution >= 0.6 is 0 Å². The van der Waals surface area contributed by atoms with Crippen molar-refractivity contribution in [1.29, 1.82) is 0 Å². The Morgan fingerprint density at radius 1 is 1.27 bits per heavy atom. The summed E-state index contributed by atoms with van der Waals surface area (Å²) < 4.78 is 20.6. The van der Waals surface area contributed by atoms with E-state index in [1.165, 1.54) is 12.0 Å². The lowest BCUT2D eigenvalue weighted by atomic mass is 10.1. The predicted octanol–water partition coefficient (Wildman–Crippen LogP) is 1.77. The van der Waals surface area contributed by atoms with Crippen molar-refractivity contribution in [2.45, 2.75) is 25.3 Å². The lowest BCUT2D eigenvalue weighted by Crippen LogP contribution is -2.40. The van der Waals surface area contributed by atoms with Gasteiger partial charge in [0.05, 0.1) is 12.8 Å². The van der Waals surface area contributed by atoms with Gasteiger partial charge in [0.2, 0.25) is 12.6 Å². The predicted molar refractivity (Wildman–Crippen MR) is 87.9 cm³/mol. The van der Waals surface area contributed by atoms with Gasteiger partial charge in [-0.1, -0.05) is 11.2 Å². The third-order valence-corrected chi connectivity index (χ3v) is 4.58. The highest BCUT2D eigenvalue weighted by atomic mass is 16.7. The number of ether oxygens (including phenoxy) is 3. The maximum absolute atomic E-state index is 12.6. The maximum Gasteiger partial charge on any atom is 0.328 e. The third kappa shape index (κ3) is 2.98. The number of methoxy groups -OCH3 is 1. The molecule has 3 heterocycles. The molecule has 2 aromatic rings. The zero-order valence-electron chi connectivity index (χ0n) is 14.3. The number of amides is 1. The van der Waals surface area contributed by atoms with Gasteiger partial charge in [-0.2, -0.15) is 0 Å². The third-order valence-electron chi connectivity index (χ3n) is 4.58. The summed E-state index contributed by atoms with van der Waals surface area (Å²) in [5.41, 5.74) is 1.59. The minimum atomic E-state index is -0.560. The number of nitrogens with zero attached hydrogens (tertiary/aromatic N) is 2. The molecule has 26 heavy (non-hydrogen) atoms. The van der Waals surface area contributed by atoms with Gasteiger partial charge in [0.1, 0.15) is 6.04 Å². The molecule has 0 bridgehead atoms. The molecule has 1 fully saturated rings. The smallest absolute Gasteiger partial charge is 0.328 e. The molecule has 1 amide bonds. The number of carbonyl (C=O) groups is 2. The van der Waals surface area contributed by atoms with E-state index in [2.05, 4.69) is 5.16 Å². The summed E-state index contributed by atoms with van der Waals surface area (Å²) in [6.07, 6.45) is 1.84. The molecule has 1 saturated heterocycles. The van der Waals surface area contributed by atoms with Crippen LogP contribution in [0.25, 0.3) is 0 Å². The summed E-state index contributed by atoms with van der Waals surface area (Å²) in [6.45, 7) is 0.718. The van der Waals surface area contributed by atoms with Crippen molar-refractivity contribution in [2.75, 3.05) is 20.4 Å². The number of carbonyl (C=O) groups excluding carboxylic acids is 2. The quantitative estimate of drug-likeness (QED) is 0.769. The molecule has 2 aliphatic rings. The number of likely N-dealkylation sites (tertiary alicyclic amines) is 1. The molecule has 2 aliphatic heterocycles. The molecular formula is C18H18N2O6. The summed E-state index contributed by atoms with van der Waals surface area (Å²) in [6, 6.07) is 6.69. The number of benzene rings is 1. The average molecular weight is 358 g/mol. The molecule has 4 rings (SSSR count). The van der Waals surface area contributed by atoms with Crippen LogP contribution < -0.4 is 9.47 Å². The Morgan fingerprint density at radius 3 is 2.96 bits per heavy atom. The number of esters is 1. The lowest BCUT2D eigenvalue weighted by molar-refractivity contribution is -0.145. The van der Waals surface area contributed by atoms with Crippen LogP contribution in [0.4, 0.5) is 0 Å². The van der Waals surface area contributed by atoms with E-state index in [1.807, 2.05) is 18.2 Å². The Morgan fingerprint density at radius 2 is 2.12 bits per heavy atom. The van der Waals surface area contributed by atoms with Crippen LogP contribution in [0.15, 0.2) is 28.8 Å². The van der Waals surface area contributed by atoms with Gasteiger partial charge >= 0.3 is 5.97 Å². The zero-order valence-corrected chi connectivity index (χ0v) is 14.3. The second-order valence-electron chi connectivity index (χ2n) is 6.23. The first-order valence-corrected chi connectivity index (χ1v) is 8.38. The molecule has 1 atom stereocenters. The number of rotatable bonds is 4. The molecule has 0 radical (unpaired) electrons. The molecule has 8 heteroatoms. The van der Waals surface area contributed by atoms with Crippen molar-refractivity contribution in [3.63, 3.8) is 0 Å². The largest absolute Gasteiger partial charge is 0.467 e. The van der Waals surface area contributed by atoms with Gasteiger partial charge in [-0.05, 0) is 30.5 Å². The zero-order chi connectivity index (χ0) is 18.1. The normalized spacial score (nSPS) is 18.2. The number of hydrogen-bond acceptors (Lipinski definition) is 7. The fraction of sp³-hybridized carbons (Fsp3) is 0.389. The van der Waals surface area contributed by atoms with Crippen molar-refractivity contribution in [3.8, 4) is 11.5 Å². The molecule has 8 nitrogen and oxygen atoms in total. The summed E-state index contributed by atoms with van der Waals surface area (Å²) in [5.74, 6) is 0.780. The van der Waals surface area contributed by atoms with E-state index < -0.39 is 12.0 Å². The fourth-order valence-electron chi connectivity index (χ4n) is 3.29. The van der Waals surface area contributed by atoms with Crippen LogP contribution in [0.5, 0.6) is 11.5 Å². The summed E-state index contributed by atoms with van der Waals surface area (Å²) in [7, 11) is 1.32. The molecule has 136 valence electrons. The Kier molecular flexibility index (Phi) is 4.24. The van der Waals surface area contributed by atoms with Crippen LogP contribution in [0, 0.1) is 0 Å². The van der Waals surface area contributed by atoms with Crippen LogP contribution in [0.3, 0.4) is 0 Å². The van der Waals surface area contributed by atoms with Gasteiger partial charge in [0.25, 0.3) is 5.91 Å². The van der Waals surface area contributed by atoms with Crippen molar-refractivity contribution in [1.82, 2.24) is 10.1 Å². The van der Waals surface area contributed by atoms with E-state index in [9.17, 15) is 9.59 Å². The van der Waals surface area contributed by atoms with E-state index >= 15 is 0 Å². The van der Waals surface area contributed by atoms with Crippen molar-refractivity contribution in [3.05, 3.63) is 41.3 Å². The SMILES string of the molecule is COC(=O)[C@@H]1CCCN1C(=O)c1cc(Cc2ccc3c(c2)OCO3)no1. The minimum absolute atomic E-state index is 0.122. The number of aromatic nitrogens is 1. The summed E-state index contributed by atoms with van der Waals surface area (Å²) >= 11 is 0. The van der Waals surface area contributed by atoms with Gasteiger partial charge in [-0.25, -0.2) is 4.79 Å². The molecule has 0 aliphatic carbocycles. The van der Waals surface area contributed by atoms with Crippen LogP contribution in [-0.2, 0) is 16.0 Å². The number of fused-ring (bicyclic) bond motifs is 1. The lowest BCUT2D eigenvalue weighted by Gasteiger charge is -2.20. The molecular weight excluding hydrogens is 340 g/mol. The van der Waals surface area contributed by atoms with Crippen molar-refractivity contribution < 1.29 is 28.3 Å². The van der Waals surface area contributed by atoms with E-state index in [1.54, 1.807) is 6.07 Å². The van der Waals surface area contributed by atoms with Gasteiger partial charge in [0, 0.05) is 19.0 Å². The first-order valence-electron chi connectivity index (χ1n) is 8.38. The van der Waals surface area contributed by atoms with Crippen LogP contribution in [0.1, 0.15) is 34.7 Å². The molecule has 0 saturated carbocycles. The average Bonchev–Trinajstić information content (AvgIpc) is 3.40. The van der Waals surface area contributed by atoms with Crippen molar-refractivity contribution >= 4 is 11.9 Å². The topological polar surface area (TPSA) is 91.1 Å². The number of hydrogen-bond donors (Lipinski definition) is 0. The van der Waals surface area contributed by atoms with E-state index in [-0.39, 0.29) is 18.5 Å². The van der Waals surface area contributed by atoms with Crippen molar-refractivity contribution in [2.24, 2.45) is 0 Å².